The van der Waals surface area contributed by atoms with E-state index in [0.29, 0.717) is 12.1 Å². The van der Waals surface area contributed by atoms with Crippen LogP contribution in [0, 0.1) is 0 Å². The minimum absolute atomic E-state index is 0.320. The molecule has 0 amide bonds. The largest absolute Gasteiger partial charge is 0.378 e. The first-order chi connectivity index (χ1) is 8.40. The van der Waals surface area contributed by atoms with Gasteiger partial charge in [0.2, 0.25) is 0 Å². The minimum atomic E-state index is 0.320. The van der Waals surface area contributed by atoms with Gasteiger partial charge in [-0.3, -0.25) is 0 Å². The number of aromatic nitrogens is 3. The Morgan fingerprint density at radius 1 is 1.65 bits per heavy atom. The third-order valence-electron chi connectivity index (χ3n) is 3.28. The predicted octanol–water partition coefficient (Wildman–Crippen LogP) is 1.80. The van der Waals surface area contributed by atoms with E-state index in [0.717, 1.165) is 25.3 Å². The lowest BCUT2D eigenvalue weighted by Crippen LogP contribution is -2.21. The molecule has 1 aliphatic rings. The molecule has 2 heterocycles. The van der Waals surface area contributed by atoms with Crippen molar-refractivity contribution in [2.75, 3.05) is 13.2 Å². The van der Waals surface area contributed by atoms with Crippen LogP contribution in [0.2, 0.25) is 0 Å². The van der Waals surface area contributed by atoms with Crippen LogP contribution < -0.4 is 5.32 Å². The molecule has 5 nitrogen and oxygen atoms in total. The Balaban J connectivity index is 1.73. The molecule has 0 aliphatic carbocycles. The summed E-state index contributed by atoms with van der Waals surface area (Å²) in [5, 5.41) is 14.1. The molecule has 1 aromatic rings. The Bertz CT molecular complexity index is 295. The fraction of sp³-hybridized carbons (Fsp3) is 0.833. The van der Waals surface area contributed by atoms with Gasteiger partial charge < -0.3 is 10.1 Å². The fourth-order valence-electron chi connectivity index (χ4n) is 2.40. The van der Waals surface area contributed by atoms with Gasteiger partial charge in [0, 0.05) is 6.61 Å². The van der Waals surface area contributed by atoms with Crippen molar-refractivity contribution in [2.45, 2.75) is 51.2 Å². The first kappa shape index (κ1) is 12.5. The normalized spacial score (nSPS) is 21.8. The summed E-state index contributed by atoms with van der Waals surface area (Å²) in [6, 6.07) is 0.320. The van der Waals surface area contributed by atoms with Gasteiger partial charge in [0.25, 0.3) is 0 Å². The summed E-state index contributed by atoms with van der Waals surface area (Å²) >= 11 is 0. The summed E-state index contributed by atoms with van der Waals surface area (Å²) in [5.41, 5.74) is 1.01. The monoisotopic (exact) mass is 238 g/mol. The van der Waals surface area contributed by atoms with Gasteiger partial charge in [-0.1, -0.05) is 6.92 Å². The predicted molar refractivity (Wildman–Crippen MR) is 65.6 cm³/mol. The molecule has 1 aliphatic heterocycles. The molecular formula is C12H22N4O. The highest BCUT2D eigenvalue weighted by atomic mass is 16.5. The first-order valence-corrected chi connectivity index (χ1v) is 6.60. The van der Waals surface area contributed by atoms with Gasteiger partial charge in [-0.2, -0.15) is 15.4 Å². The Morgan fingerprint density at radius 2 is 2.59 bits per heavy atom. The van der Waals surface area contributed by atoms with E-state index in [1.807, 2.05) is 0 Å². The molecule has 0 bridgehead atoms. The highest BCUT2D eigenvalue weighted by Gasteiger charge is 2.17. The van der Waals surface area contributed by atoms with Crippen molar-refractivity contribution in [1.82, 2.24) is 20.7 Å². The Kier molecular flexibility index (Phi) is 4.94. The number of nitrogens with one attached hydrogen (secondary N) is 2. The number of ether oxygens (including phenoxy) is 1. The van der Waals surface area contributed by atoms with Crippen LogP contribution in [0.3, 0.4) is 0 Å². The first-order valence-electron chi connectivity index (χ1n) is 6.60. The van der Waals surface area contributed by atoms with Gasteiger partial charge in [0.1, 0.15) is 0 Å². The average molecular weight is 238 g/mol. The van der Waals surface area contributed by atoms with Crippen molar-refractivity contribution < 1.29 is 4.74 Å². The van der Waals surface area contributed by atoms with Crippen LogP contribution >= 0.6 is 0 Å². The molecule has 2 unspecified atom stereocenters. The van der Waals surface area contributed by atoms with Crippen LogP contribution in [-0.2, 0) is 4.74 Å². The molecule has 0 radical (unpaired) electrons. The fourth-order valence-corrected chi connectivity index (χ4v) is 2.40. The van der Waals surface area contributed by atoms with Crippen molar-refractivity contribution in [3.05, 3.63) is 11.9 Å². The van der Waals surface area contributed by atoms with Gasteiger partial charge in [0.15, 0.2) is 0 Å². The maximum Gasteiger partial charge on any atom is 0.0993 e. The number of hydrogen-bond acceptors (Lipinski definition) is 4. The second kappa shape index (κ2) is 6.71. The third-order valence-corrected chi connectivity index (χ3v) is 3.28. The molecule has 2 N–H and O–H groups in total. The lowest BCUT2D eigenvalue weighted by Gasteiger charge is -2.16. The molecule has 2 rings (SSSR count). The maximum absolute atomic E-state index is 5.63. The number of hydrogen-bond donors (Lipinski definition) is 2. The van der Waals surface area contributed by atoms with Crippen LogP contribution in [0.15, 0.2) is 6.20 Å². The number of H-pyrrole nitrogens is 1. The Hall–Kier alpha value is -0.940. The molecule has 17 heavy (non-hydrogen) atoms. The molecule has 5 heteroatoms. The van der Waals surface area contributed by atoms with Gasteiger partial charge in [-0.05, 0) is 38.6 Å². The highest BCUT2D eigenvalue weighted by Crippen LogP contribution is 2.21. The lowest BCUT2D eigenvalue weighted by molar-refractivity contribution is 0.101. The van der Waals surface area contributed by atoms with E-state index in [1.165, 1.54) is 25.7 Å². The Morgan fingerprint density at radius 3 is 3.24 bits per heavy atom. The maximum atomic E-state index is 5.63. The summed E-state index contributed by atoms with van der Waals surface area (Å²) in [7, 11) is 0. The van der Waals surface area contributed by atoms with Crippen molar-refractivity contribution in [2.24, 2.45) is 0 Å². The molecular weight excluding hydrogens is 216 g/mol. The van der Waals surface area contributed by atoms with Crippen LogP contribution in [0.5, 0.6) is 0 Å². The molecule has 96 valence electrons. The van der Waals surface area contributed by atoms with Crippen molar-refractivity contribution >= 4 is 0 Å². The number of rotatable bonds is 7. The van der Waals surface area contributed by atoms with Gasteiger partial charge >= 0.3 is 0 Å². The third kappa shape index (κ3) is 3.78. The molecule has 2 atom stereocenters. The van der Waals surface area contributed by atoms with E-state index in [-0.39, 0.29) is 0 Å². The van der Waals surface area contributed by atoms with E-state index in [2.05, 4.69) is 27.7 Å². The SMILES string of the molecule is CCNC(CCCC1CCCO1)c1cn[nH]n1. The molecule has 0 saturated carbocycles. The summed E-state index contributed by atoms with van der Waals surface area (Å²) in [6.45, 7) is 4.02. The molecule has 1 fully saturated rings. The summed E-state index contributed by atoms with van der Waals surface area (Å²) < 4.78 is 5.63. The van der Waals surface area contributed by atoms with Crippen molar-refractivity contribution in [1.29, 1.82) is 0 Å². The standard InChI is InChI=1S/C12H22N4O/c1-2-13-11(12-9-14-16-15-12)7-3-5-10-6-4-8-17-10/h9-11,13H,2-8H2,1H3,(H,14,15,16). The summed E-state index contributed by atoms with van der Waals surface area (Å²) in [5.74, 6) is 0. The summed E-state index contributed by atoms with van der Waals surface area (Å²) in [4.78, 5) is 0. The molecule has 0 spiro atoms. The number of aromatic amines is 1. The van der Waals surface area contributed by atoms with Crippen LogP contribution in [0.25, 0.3) is 0 Å². The molecule has 0 aromatic carbocycles. The van der Waals surface area contributed by atoms with Gasteiger partial charge in [-0.15, -0.1) is 0 Å². The van der Waals surface area contributed by atoms with E-state index >= 15 is 0 Å². The van der Waals surface area contributed by atoms with E-state index in [1.54, 1.807) is 6.20 Å². The van der Waals surface area contributed by atoms with Crippen LogP contribution in [0.1, 0.15) is 50.8 Å². The lowest BCUT2D eigenvalue weighted by atomic mass is 10.0. The smallest absolute Gasteiger partial charge is 0.0993 e. The zero-order chi connectivity index (χ0) is 11.9. The Labute approximate surface area is 102 Å². The zero-order valence-electron chi connectivity index (χ0n) is 10.5. The number of nitrogens with zero attached hydrogens (tertiary/aromatic N) is 2. The minimum Gasteiger partial charge on any atom is -0.378 e. The molecule has 1 saturated heterocycles. The van der Waals surface area contributed by atoms with Crippen molar-refractivity contribution in [3.63, 3.8) is 0 Å². The van der Waals surface area contributed by atoms with Crippen LogP contribution in [0.4, 0.5) is 0 Å². The highest BCUT2D eigenvalue weighted by molar-refractivity contribution is 4.99. The average Bonchev–Trinajstić information content (AvgIpc) is 3.01. The summed E-state index contributed by atoms with van der Waals surface area (Å²) in [6.07, 6.45) is 8.20. The second-order valence-electron chi connectivity index (χ2n) is 4.57. The van der Waals surface area contributed by atoms with Gasteiger partial charge in [-0.25, -0.2) is 0 Å². The van der Waals surface area contributed by atoms with E-state index < -0.39 is 0 Å². The topological polar surface area (TPSA) is 62.8 Å². The van der Waals surface area contributed by atoms with E-state index in [4.69, 9.17) is 4.74 Å². The van der Waals surface area contributed by atoms with E-state index in [9.17, 15) is 0 Å². The zero-order valence-corrected chi connectivity index (χ0v) is 10.5. The quantitative estimate of drug-likeness (QED) is 0.760. The van der Waals surface area contributed by atoms with Crippen molar-refractivity contribution in [3.8, 4) is 0 Å². The van der Waals surface area contributed by atoms with Crippen LogP contribution in [-0.4, -0.2) is 34.7 Å². The van der Waals surface area contributed by atoms with Gasteiger partial charge in [0.05, 0.1) is 24.0 Å². The molecule has 1 aromatic heterocycles. The second-order valence-corrected chi connectivity index (χ2v) is 4.57.